The van der Waals surface area contributed by atoms with Gasteiger partial charge in [0.25, 0.3) is 0 Å². The van der Waals surface area contributed by atoms with Crippen LogP contribution in [0.3, 0.4) is 0 Å². The Balaban J connectivity index is 2.18. The van der Waals surface area contributed by atoms with E-state index >= 15 is 0 Å². The van der Waals surface area contributed by atoms with Crippen LogP contribution in [0.1, 0.15) is 6.42 Å². The third-order valence-electron chi connectivity index (χ3n) is 1.87. The molecule has 0 saturated carbocycles. The van der Waals surface area contributed by atoms with E-state index in [4.69, 9.17) is 5.02 Å². The molecule has 58 valence electrons. The van der Waals surface area contributed by atoms with Crippen molar-refractivity contribution in [1.29, 1.82) is 0 Å². The molecule has 0 bridgehead atoms. The average molecular weight is 142 g/mol. The quantitative estimate of drug-likeness (QED) is 0.505. The molecule has 0 amide bonds. The highest BCUT2D eigenvalue weighted by molar-refractivity contribution is 6.45. The Morgan fingerprint density at radius 3 is 2.80 bits per heavy atom. The molecular weight excluding hydrogens is 127 g/mol. The third-order valence-corrected chi connectivity index (χ3v) is 1.87. The smallest absolute Gasteiger partial charge is 0.373 e. The van der Waals surface area contributed by atoms with Crippen molar-refractivity contribution < 1.29 is 5.02 Å². The van der Waals surface area contributed by atoms with Gasteiger partial charge in [-0.05, 0) is 26.8 Å². The van der Waals surface area contributed by atoms with Gasteiger partial charge in [-0.2, -0.15) is 0 Å². The van der Waals surface area contributed by atoms with Crippen LogP contribution in [0.4, 0.5) is 0 Å². The minimum atomic E-state index is -0.364. The highest BCUT2D eigenvalue weighted by Crippen LogP contribution is 2.05. The summed E-state index contributed by atoms with van der Waals surface area (Å²) < 4.78 is 0. The predicted octanol–water partition coefficient (Wildman–Crippen LogP) is -0.610. The zero-order chi connectivity index (χ0) is 7.56. The van der Waals surface area contributed by atoms with Crippen molar-refractivity contribution in [3.8, 4) is 0 Å². The largest absolute Gasteiger partial charge is 0.437 e. The van der Waals surface area contributed by atoms with E-state index in [-0.39, 0.29) is 7.05 Å². The van der Waals surface area contributed by atoms with Crippen molar-refractivity contribution in [1.82, 2.24) is 10.1 Å². The van der Waals surface area contributed by atoms with Crippen LogP contribution < -0.4 is 5.23 Å². The van der Waals surface area contributed by atoms with Crippen LogP contribution >= 0.6 is 0 Å². The van der Waals surface area contributed by atoms with E-state index in [2.05, 4.69) is 17.2 Å². The molecule has 0 radical (unpaired) electrons. The molecule has 1 saturated heterocycles. The van der Waals surface area contributed by atoms with Crippen LogP contribution in [0.2, 0.25) is 6.82 Å². The van der Waals surface area contributed by atoms with Gasteiger partial charge in [-0.15, -0.1) is 0 Å². The van der Waals surface area contributed by atoms with E-state index < -0.39 is 0 Å². The van der Waals surface area contributed by atoms with Gasteiger partial charge < -0.3 is 15.2 Å². The molecule has 0 spiro atoms. The first-order valence-electron chi connectivity index (χ1n) is 3.81. The summed E-state index contributed by atoms with van der Waals surface area (Å²) in [6.45, 7) is 3.97. The van der Waals surface area contributed by atoms with Crippen LogP contribution in [-0.4, -0.2) is 43.2 Å². The van der Waals surface area contributed by atoms with Gasteiger partial charge in [0, 0.05) is 12.6 Å². The van der Waals surface area contributed by atoms with Crippen LogP contribution in [0.15, 0.2) is 0 Å². The molecule has 4 heteroatoms. The summed E-state index contributed by atoms with van der Waals surface area (Å²) >= 11 is 0. The van der Waals surface area contributed by atoms with Gasteiger partial charge in [0.1, 0.15) is 0 Å². The summed E-state index contributed by atoms with van der Waals surface area (Å²) in [7, 11) is 1.74. The molecule has 1 fully saturated rings. The number of hydrogen-bond donors (Lipinski definition) is 2. The molecule has 1 aliphatic heterocycles. The predicted molar refractivity (Wildman–Crippen MR) is 42.9 cm³/mol. The standard InChI is InChI=1S/C6H15BN2O/c1-7(10)8-6-3-4-9(2)5-6/h6,8,10H,3-5H2,1-2H3/t6-/m0/s1. The van der Waals surface area contributed by atoms with Gasteiger partial charge >= 0.3 is 7.05 Å². The summed E-state index contributed by atoms with van der Waals surface area (Å²) in [5.74, 6) is 0. The molecule has 3 nitrogen and oxygen atoms in total. The number of likely N-dealkylation sites (tertiary alicyclic amines) is 1. The summed E-state index contributed by atoms with van der Waals surface area (Å²) in [6, 6.07) is 0.491. The molecule has 1 atom stereocenters. The van der Waals surface area contributed by atoms with Gasteiger partial charge in [0.05, 0.1) is 0 Å². The molecule has 0 aromatic carbocycles. The summed E-state index contributed by atoms with van der Waals surface area (Å²) in [5.41, 5.74) is 0. The third kappa shape index (κ3) is 2.29. The summed E-state index contributed by atoms with van der Waals surface area (Å²) in [4.78, 5) is 2.26. The van der Waals surface area contributed by atoms with Crippen molar-refractivity contribution in [2.45, 2.75) is 19.3 Å². The first-order chi connectivity index (χ1) is 4.68. The molecule has 1 aliphatic rings. The zero-order valence-corrected chi connectivity index (χ0v) is 6.67. The van der Waals surface area contributed by atoms with Crippen molar-refractivity contribution in [2.75, 3.05) is 20.1 Å². The summed E-state index contributed by atoms with van der Waals surface area (Å²) in [6.07, 6.45) is 1.15. The number of nitrogens with one attached hydrogen (secondary N) is 1. The second kappa shape index (κ2) is 3.37. The van der Waals surface area contributed by atoms with E-state index in [1.807, 2.05) is 0 Å². The Morgan fingerprint density at radius 2 is 2.40 bits per heavy atom. The second-order valence-corrected chi connectivity index (χ2v) is 3.09. The van der Waals surface area contributed by atoms with Crippen molar-refractivity contribution in [2.24, 2.45) is 0 Å². The number of rotatable bonds is 2. The van der Waals surface area contributed by atoms with E-state index in [1.54, 1.807) is 6.82 Å². The lowest BCUT2D eigenvalue weighted by Crippen LogP contribution is -2.41. The summed E-state index contributed by atoms with van der Waals surface area (Å²) in [5, 5.41) is 12.1. The minimum absolute atomic E-state index is 0.364. The van der Waals surface area contributed by atoms with Crippen LogP contribution in [0.25, 0.3) is 0 Å². The molecule has 0 unspecified atom stereocenters. The van der Waals surface area contributed by atoms with E-state index in [0.717, 1.165) is 19.5 Å². The van der Waals surface area contributed by atoms with Crippen LogP contribution in [0.5, 0.6) is 0 Å². The van der Waals surface area contributed by atoms with Crippen LogP contribution in [-0.2, 0) is 0 Å². The Kier molecular flexibility index (Phi) is 2.71. The first-order valence-corrected chi connectivity index (χ1v) is 3.81. The topological polar surface area (TPSA) is 35.5 Å². The highest BCUT2D eigenvalue weighted by atomic mass is 16.2. The van der Waals surface area contributed by atoms with Gasteiger partial charge in [0.15, 0.2) is 0 Å². The van der Waals surface area contributed by atoms with E-state index in [9.17, 15) is 0 Å². The lowest BCUT2D eigenvalue weighted by molar-refractivity contribution is 0.404. The Bertz CT molecular complexity index is 110. The zero-order valence-electron chi connectivity index (χ0n) is 6.67. The number of likely N-dealkylation sites (N-methyl/N-ethyl adjacent to an activating group) is 1. The normalized spacial score (nSPS) is 27.3. The molecule has 10 heavy (non-hydrogen) atoms. The molecule has 1 rings (SSSR count). The van der Waals surface area contributed by atoms with Gasteiger partial charge in [0.2, 0.25) is 0 Å². The maximum Gasteiger partial charge on any atom is 0.373 e. The average Bonchev–Trinajstić information content (AvgIpc) is 2.13. The molecule has 0 aromatic rings. The maximum atomic E-state index is 8.97. The maximum absolute atomic E-state index is 8.97. The fraction of sp³-hybridized carbons (Fsp3) is 1.00. The Labute approximate surface area is 62.5 Å². The highest BCUT2D eigenvalue weighted by Gasteiger charge is 2.20. The molecule has 2 N–H and O–H groups in total. The first kappa shape index (κ1) is 8.05. The van der Waals surface area contributed by atoms with E-state index in [1.165, 1.54) is 0 Å². The lowest BCUT2D eigenvalue weighted by Gasteiger charge is -2.12. The van der Waals surface area contributed by atoms with E-state index in [0.29, 0.717) is 6.04 Å². The second-order valence-electron chi connectivity index (χ2n) is 3.09. The van der Waals surface area contributed by atoms with Gasteiger partial charge in [-0.25, -0.2) is 0 Å². The minimum Gasteiger partial charge on any atom is -0.437 e. The van der Waals surface area contributed by atoms with Crippen molar-refractivity contribution >= 4 is 7.05 Å². The Hall–Kier alpha value is -0.0551. The molecule has 0 aromatic heterocycles. The van der Waals surface area contributed by atoms with Gasteiger partial charge in [-0.1, -0.05) is 0 Å². The Morgan fingerprint density at radius 1 is 1.70 bits per heavy atom. The fourth-order valence-corrected chi connectivity index (χ4v) is 1.41. The van der Waals surface area contributed by atoms with Crippen LogP contribution in [0, 0.1) is 0 Å². The number of hydrogen-bond acceptors (Lipinski definition) is 3. The monoisotopic (exact) mass is 142 g/mol. The molecule has 1 heterocycles. The SMILES string of the molecule is CB(O)N[C@H]1CCN(C)C1. The molecule has 0 aliphatic carbocycles. The van der Waals surface area contributed by atoms with Gasteiger partial charge in [-0.3, -0.25) is 0 Å². The molecular formula is C6H15BN2O. The van der Waals surface area contributed by atoms with Crippen molar-refractivity contribution in [3.05, 3.63) is 0 Å². The van der Waals surface area contributed by atoms with Crippen molar-refractivity contribution in [3.63, 3.8) is 0 Å². The number of nitrogens with zero attached hydrogens (tertiary/aromatic N) is 1. The fourth-order valence-electron chi connectivity index (χ4n) is 1.41. The lowest BCUT2D eigenvalue weighted by atomic mass is 9.87.